The Morgan fingerprint density at radius 1 is 1.31 bits per heavy atom. The van der Waals surface area contributed by atoms with Gasteiger partial charge in [-0.15, -0.1) is 0 Å². The van der Waals surface area contributed by atoms with Crippen LogP contribution in [0.1, 0.15) is 41.3 Å². The van der Waals surface area contributed by atoms with Crippen LogP contribution >= 0.6 is 0 Å². The van der Waals surface area contributed by atoms with Crippen LogP contribution < -0.4 is 0 Å². The summed E-state index contributed by atoms with van der Waals surface area (Å²) < 4.78 is 5.34. The zero-order chi connectivity index (χ0) is 12.0. The second-order valence-electron chi connectivity index (χ2n) is 4.15. The molecular formula is C14H20O2. The Balaban J connectivity index is 2.55. The van der Waals surface area contributed by atoms with Gasteiger partial charge in [-0.2, -0.15) is 0 Å². The van der Waals surface area contributed by atoms with E-state index < -0.39 is 0 Å². The first-order valence-corrected chi connectivity index (χ1v) is 5.83. The predicted octanol–water partition coefficient (Wildman–Crippen LogP) is 3.30. The number of hydrogen-bond acceptors (Lipinski definition) is 2. The molecule has 1 aromatic carbocycles. The van der Waals surface area contributed by atoms with Gasteiger partial charge in [-0.3, -0.25) is 4.79 Å². The second kappa shape index (κ2) is 6.44. The van der Waals surface area contributed by atoms with Crippen LogP contribution in [0.3, 0.4) is 0 Å². The molecule has 2 nitrogen and oxygen atoms in total. The summed E-state index contributed by atoms with van der Waals surface area (Å²) in [6, 6.07) is 5.93. The molecule has 0 atom stereocenters. The fourth-order valence-corrected chi connectivity index (χ4v) is 1.53. The maximum atomic E-state index is 11.9. The zero-order valence-corrected chi connectivity index (χ0v) is 10.4. The highest BCUT2D eigenvalue weighted by Gasteiger charge is 2.08. The number of carbonyl (C=O) groups is 1. The summed E-state index contributed by atoms with van der Waals surface area (Å²) in [7, 11) is 0. The van der Waals surface area contributed by atoms with Crippen LogP contribution in [0.4, 0.5) is 0 Å². The molecule has 0 saturated carbocycles. The van der Waals surface area contributed by atoms with Crippen LogP contribution in [0.2, 0.25) is 0 Å². The fourth-order valence-electron chi connectivity index (χ4n) is 1.53. The lowest BCUT2D eigenvalue weighted by molar-refractivity contribution is 0.0754. The van der Waals surface area contributed by atoms with Crippen molar-refractivity contribution in [2.24, 2.45) is 0 Å². The molecule has 88 valence electrons. The van der Waals surface area contributed by atoms with Gasteiger partial charge in [-0.1, -0.05) is 31.0 Å². The maximum Gasteiger partial charge on any atom is 0.188 e. The Labute approximate surface area is 97.6 Å². The van der Waals surface area contributed by atoms with Crippen molar-refractivity contribution in [2.75, 3.05) is 13.2 Å². The van der Waals surface area contributed by atoms with Gasteiger partial charge in [0.25, 0.3) is 0 Å². The molecule has 0 aliphatic rings. The molecule has 0 aromatic heterocycles. The molecule has 0 bridgehead atoms. The van der Waals surface area contributed by atoms with Gasteiger partial charge in [0, 0.05) is 12.2 Å². The van der Waals surface area contributed by atoms with Crippen molar-refractivity contribution < 1.29 is 9.53 Å². The van der Waals surface area contributed by atoms with Gasteiger partial charge in [0.1, 0.15) is 6.61 Å². The third-order valence-corrected chi connectivity index (χ3v) is 2.57. The van der Waals surface area contributed by atoms with Gasteiger partial charge in [-0.25, -0.2) is 0 Å². The quantitative estimate of drug-likeness (QED) is 0.543. The van der Waals surface area contributed by atoms with E-state index in [4.69, 9.17) is 4.74 Å². The SMILES string of the molecule is CCCCOCC(=O)c1cc(C)ccc1C. The van der Waals surface area contributed by atoms with Crippen LogP contribution in [0.5, 0.6) is 0 Å². The van der Waals surface area contributed by atoms with E-state index in [1.54, 1.807) is 0 Å². The van der Waals surface area contributed by atoms with Gasteiger partial charge in [0.2, 0.25) is 0 Å². The number of benzene rings is 1. The summed E-state index contributed by atoms with van der Waals surface area (Å²) in [5.74, 6) is 0.0808. The number of unbranched alkanes of at least 4 members (excludes halogenated alkanes) is 1. The summed E-state index contributed by atoms with van der Waals surface area (Å²) in [4.78, 5) is 11.9. The Morgan fingerprint density at radius 3 is 2.75 bits per heavy atom. The van der Waals surface area contributed by atoms with Gasteiger partial charge in [0.15, 0.2) is 5.78 Å². The number of ether oxygens (including phenoxy) is 1. The molecule has 16 heavy (non-hydrogen) atoms. The van der Waals surface area contributed by atoms with Crippen LogP contribution in [0, 0.1) is 13.8 Å². The van der Waals surface area contributed by atoms with Crippen LogP contribution in [0.25, 0.3) is 0 Å². The fraction of sp³-hybridized carbons (Fsp3) is 0.500. The van der Waals surface area contributed by atoms with Gasteiger partial charge >= 0.3 is 0 Å². The number of aryl methyl sites for hydroxylation is 2. The molecule has 0 fully saturated rings. The predicted molar refractivity (Wildman–Crippen MR) is 66.0 cm³/mol. The van der Waals surface area contributed by atoms with E-state index in [0.29, 0.717) is 6.61 Å². The van der Waals surface area contributed by atoms with Crippen LogP contribution in [0.15, 0.2) is 18.2 Å². The average Bonchev–Trinajstić information content (AvgIpc) is 2.27. The minimum Gasteiger partial charge on any atom is -0.373 e. The van der Waals surface area contributed by atoms with Crippen molar-refractivity contribution in [3.8, 4) is 0 Å². The molecule has 0 radical (unpaired) electrons. The molecule has 0 spiro atoms. The van der Waals surface area contributed by atoms with Gasteiger partial charge in [-0.05, 0) is 31.9 Å². The summed E-state index contributed by atoms with van der Waals surface area (Å²) in [5, 5.41) is 0. The highest BCUT2D eigenvalue weighted by Crippen LogP contribution is 2.11. The lowest BCUT2D eigenvalue weighted by atomic mass is 10.0. The van der Waals surface area contributed by atoms with E-state index in [1.165, 1.54) is 0 Å². The summed E-state index contributed by atoms with van der Waals surface area (Å²) in [5.41, 5.74) is 2.92. The minimum atomic E-state index is 0.0808. The second-order valence-corrected chi connectivity index (χ2v) is 4.15. The molecule has 0 N–H and O–H groups in total. The summed E-state index contributed by atoms with van der Waals surface area (Å²) in [6.07, 6.45) is 2.11. The number of carbonyl (C=O) groups excluding carboxylic acids is 1. The highest BCUT2D eigenvalue weighted by atomic mass is 16.5. The summed E-state index contributed by atoms with van der Waals surface area (Å²) >= 11 is 0. The van der Waals surface area contributed by atoms with E-state index in [0.717, 1.165) is 29.5 Å². The normalized spacial score (nSPS) is 10.4. The molecule has 1 aromatic rings. The minimum absolute atomic E-state index is 0.0808. The largest absolute Gasteiger partial charge is 0.373 e. The monoisotopic (exact) mass is 220 g/mol. The molecule has 0 aliphatic heterocycles. The first kappa shape index (κ1) is 12.9. The van der Waals surface area contributed by atoms with Crippen molar-refractivity contribution in [3.63, 3.8) is 0 Å². The zero-order valence-electron chi connectivity index (χ0n) is 10.4. The lowest BCUT2D eigenvalue weighted by Gasteiger charge is -2.06. The first-order valence-electron chi connectivity index (χ1n) is 5.83. The molecular weight excluding hydrogens is 200 g/mol. The Hall–Kier alpha value is -1.15. The third kappa shape index (κ3) is 3.78. The number of rotatable bonds is 6. The molecule has 0 unspecified atom stereocenters. The van der Waals surface area contributed by atoms with Crippen LogP contribution in [-0.2, 0) is 4.74 Å². The van der Waals surface area contributed by atoms with Crippen molar-refractivity contribution in [1.29, 1.82) is 0 Å². The Bertz CT molecular complexity index is 356. The Kier molecular flexibility index (Phi) is 5.20. The summed E-state index contributed by atoms with van der Waals surface area (Å²) in [6.45, 7) is 6.93. The lowest BCUT2D eigenvalue weighted by Crippen LogP contribution is -2.11. The van der Waals surface area contributed by atoms with Gasteiger partial charge < -0.3 is 4.74 Å². The van der Waals surface area contributed by atoms with Crippen molar-refractivity contribution >= 4 is 5.78 Å². The van der Waals surface area contributed by atoms with Crippen molar-refractivity contribution in [3.05, 3.63) is 34.9 Å². The van der Waals surface area contributed by atoms with E-state index in [2.05, 4.69) is 6.92 Å². The molecule has 1 rings (SSSR count). The van der Waals surface area contributed by atoms with Crippen molar-refractivity contribution in [1.82, 2.24) is 0 Å². The topological polar surface area (TPSA) is 26.3 Å². The first-order chi connectivity index (χ1) is 7.65. The van der Waals surface area contributed by atoms with E-state index in [-0.39, 0.29) is 12.4 Å². The van der Waals surface area contributed by atoms with Crippen molar-refractivity contribution in [2.45, 2.75) is 33.6 Å². The maximum absolute atomic E-state index is 11.9. The van der Waals surface area contributed by atoms with Crippen LogP contribution in [-0.4, -0.2) is 19.0 Å². The van der Waals surface area contributed by atoms with E-state index in [1.807, 2.05) is 32.0 Å². The molecule has 0 saturated heterocycles. The van der Waals surface area contributed by atoms with Gasteiger partial charge in [0.05, 0.1) is 0 Å². The molecule has 0 aliphatic carbocycles. The smallest absolute Gasteiger partial charge is 0.188 e. The number of ketones is 1. The number of hydrogen-bond donors (Lipinski definition) is 0. The number of Topliss-reactive ketones (excluding diaryl/α,β-unsaturated/α-hetero) is 1. The molecule has 2 heteroatoms. The standard InChI is InChI=1S/C14H20O2/c1-4-5-8-16-10-14(15)13-9-11(2)6-7-12(13)3/h6-7,9H,4-5,8,10H2,1-3H3. The Morgan fingerprint density at radius 2 is 2.06 bits per heavy atom. The van der Waals surface area contributed by atoms with E-state index >= 15 is 0 Å². The average molecular weight is 220 g/mol. The highest BCUT2D eigenvalue weighted by molar-refractivity contribution is 5.98. The molecule has 0 amide bonds. The molecule has 0 heterocycles. The van der Waals surface area contributed by atoms with E-state index in [9.17, 15) is 4.79 Å². The third-order valence-electron chi connectivity index (χ3n) is 2.57.